The Labute approximate surface area is 210 Å². The van der Waals surface area contributed by atoms with Crippen molar-refractivity contribution in [1.82, 2.24) is 0 Å². The zero-order valence-corrected chi connectivity index (χ0v) is 23.3. The van der Waals surface area contributed by atoms with E-state index in [1.165, 1.54) is 51.4 Å². The number of carbonyl (C=O) groups is 1. The molecular formula is C29H47BrO3. The van der Waals surface area contributed by atoms with Gasteiger partial charge in [0.25, 0.3) is 0 Å². The summed E-state index contributed by atoms with van der Waals surface area (Å²) in [7, 11) is 0. The fourth-order valence-electron chi connectivity index (χ4n) is 10.1. The molecule has 0 N–H and O–H groups in total. The number of esters is 1. The van der Waals surface area contributed by atoms with Crippen molar-refractivity contribution in [1.29, 1.82) is 0 Å². The molecule has 2 bridgehead atoms. The minimum atomic E-state index is -0.137. The Morgan fingerprint density at radius 1 is 1.09 bits per heavy atom. The van der Waals surface area contributed by atoms with Crippen LogP contribution in [0.1, 0.15) is 105 Å². The van der Waals surface area contributed by atoms with Crippen molar-refractivity contribution in [2.45, 2.75) is 122 Å². The van der Waals surface area contributed by atoms with Crippen molar-refractivity contribution in [3.05, 3.63) is 0 Å². The average molecular weight is 524 g/mol. The van der Waals surface area contributed by atoms with Crippen LogP contribution in [0.2, 0.25) is 0 Å². The lowest BCUT2D eigenvalue weighted by atomic mass is 9.44. The highest BCUT2D eigenvalue weighted by atomic mass is 79.9. The molecule has 4 unspecified atom stereocenters. The van der Waals surface area contributed by atoms with Crippen molar-refractivity contribution >= 4 is 21.9 Å². The number of ether oxygens (including phenoxy) is 2. The van der Waals surface area contributed by atoms with Crippen LogP contribution in [-0.2, 0) is 14.3 Å². The number of hydrogen-bond acceptors (Lipinski definition) is 3. The standard InChI is InChI=1S/C29H47BrO3/c1-18(2)7-6-8-19(3)23-9-10-24-22-15-26-29(30)16-21(33-20(4)31)11-14-28(29,17-32-26)25(22)12-13-27(23,24)5/h18-19,21-26H,6-17H2,1-5H3/t19?,21-,22?,23+,24?,25?,26+,27+,28-,29-/m0/s1. The van der Waals surface area contributed by atoms with Gasteiger partial charge in [0.15, 0.2) is 0 Å². The molecule has 0 spiro atoms. The van der Waals surface area contributed by atoms with Crippen LogP contribution in [0.3, 0.4) is 0 Å². The molecule has 188 valence electrons. The van der Waals surface area contributed by atoms with Gasteiger partial charge in [0, 0.05) is 18.8 Å². The van der Waals surface area contributed by atoms with E-state index in [1.54, 1.807) is 6.92 Å². The van der Waals surface area contributed by atoms with Crippen LogP contribution in [-0.4, -0.2) is 29.1 Å². The van der Waals surface area contributed by atoms with Gasteiger partial charge in [0.1, 0.15) is 6.10 Å². The first-order valence-corrected chi connectivity index (χ1v) is 14.9. The second kappa shape index (κ2) is 8.79. The Morgan fingerprint density at radius 2 is 1.88 bits per heavy atom. The smallest absolute Gasteiger partial charge is 0.302 e. The van der Waals surface area contributed by atoms with Gasteiger partial charge in [-0.2, -0.15) is 0 Å². The van der Waals surface area contributed by atoms with Gasteiger partial charge in [-0.25, -0.2) is 0 Å². The Morgan fingerprint density at radius 3 is 2.61 bits per heavy atom. The Kier molecular flexibility index (Phi) is 6.55. The summed E-state index contributed by atoms with van der Waals surface area (Å²) < 4.78 is 12.3. The van der Waals surface area contributed by atoms with E-state index >= 15 is 0 Å². The van der Waals surface area contributed by atoms with Crippen molar-refractivity contribution in [3.63, 3.8) is 0 Å². The Balaban J connectivity index is 1.34. The topological polar surface area (TPSA) is 35.5 Å². The fraction of sp³-hybridized carbons (Fsp3) is 0.966. The summed E-state index contributed by atoms with van der Waals surface area (Å²) in [6.07, 6.45) is 14.5. The van der Waals surface area contributed by atoms with Gasteiger partial charge in [-0.1, -0.05) is 62.9 Å². The molecule has 5 rings (SSSR count). The maximum absolute atomic E-state index is 11.7. The lowest BCUT2D eigenvalue weighted by molar-refractivity contribution is -0.154. The minimum Gasteiger partial charge on any atom is -0.463 e. The van der Waals surface area contributed by atoms with E-state index in [1.807, 2.05) is 0 Å². The molecule has 1 saturated heterocycles. The third-order valence-corrected chi connectivity index (χ3v) is 13.1. The third kappa shape index (κ3) is 3.78. The molecule has 0 amide bonds. The molecule has 10 atom stereocenters. The molecule has 5 fully saturated rings. The maximum atomic E-state index is 11.7. The predicted octanol–water partition coefficient (Wildman–Crippen LogP) is 7.55. The van der Waals surface area contributed by atoms with E-state index in [9.17, 15) is 4.79 Å². The number of fused-ring (bicyclic) bond motifs is 3. The van der Waals surface area contributed by atoms with Crippen molar-refractivity contribution < 1.29 is 14.3 Å². The Bertz CT molecular complexity index is 753. The largest absolute Gasteiger partial charge is 0.463 e. The number of hydrogen-bond donors (Lipinski definition) is 0. The minimum absolute atomic E-state index is 0.00455. The van der Waals surface area contributed by atoms with Crippen LogP contribution in [0.4, 0.5) is 0 Å². The number of alkyl halides is 1. The molecule has 1 heterocycles. The van der Waals surface area contributed by atoms with Crippen LogP contribution in [0.5, 0.6) is 0 Å². The van der Waals surface area contributed by atoms with Gasteiger partial charge < -0.3 is 9.47 Å². The molecule has 4 saturated carbocycles. The second-order valence-electron chi connectivity index (χ2n) is 13.4. The normalized spacial score (nSPS) is 49.3. The summed E-state index contributed by atoms with van der Waals surface area (Å²) in [5.41, 5.74) is 0.759. The molecule has 4 aliphatic carbocycles. The van der Waals surface area contributed by atoms with E-state index in [-0.39, 0.29) is 27.9 Å². The SMILES string of the molecule is CC(=O)O[C@H]1CC[C@]23CO[C@H](CC4C2CC[C@@]2(C)C4CC[C@@H]2C(C)CCCC(C)C)[C@@]3(Br)C1. The van der Waals surface area contributed by atoms with Gasteiger partial charge in [-0.05, 0) is 85.9 Å². The first-order chi connectivity index (χ1) is 15.6. The van der Waals surface area contributed by atoms with Crippen LogP contribution < -0.4 is 0 Å². The highest BCUT2D eigenvalue weighted by molar-refractivity contribution is 9.10. The lowest BCUT2D eigenvalue weighted by Crippen LogP contribution is -2.63. The van der Waals surface area contributed by atoms with Gasteiger partial charge >= 0.3 is 5.97 Å². The molecule has 0 aromatic carbocycles. The zero-order chi connectivity index (χ0) is 23.6. The molecular weight excluding hydrogens is 476 g/mol. The molecule has 0 radical (unpaired) electrons. The number of carbonyl (C=O) groups excluding carboxylic acids is 1. The second-order valence-corrected chi connectivity index (χ2v) is 14.9. The summed E-state index contributed by atoms with van der Waals surface area (Å²) in [5, 5.41) is 0. The summed E-state index contributed by atoms with van der Waals surface area (Å²) >= 11 is 4.29. The fourth-order valence-corrected chi connectivity index (χ4v) is 11.3. The molecule has 3 nitrogen and oxygen atoms in total. The molecule has 4 heteroatoms. The summed E-state index contributed by atoms with van der Waals surface area (Å²) in [4.78, 5) is 11.7. The lowest BCUT2D eigenvalue weighted by Gasteiger charge is -2.63. The summed E-state index contributed by atoms with van der Waals surface area (Å²) in [5.74, 6) is 4.92. The van der Waals surface area contributed by atoms with Crippen LogP contribution in [0, 0.1) is 46.3 Å². The van der Waals surface area contributed by atoms with Crippen LogP contribution in [0.15, 0.2) is 0 Å². The van der Waals surface area contributed by atoms with E-state index in [2.05, 4.69) is 43.6 Å². The quantitative estimate of drug-likeness (QED) is 0.266. The zero-order valence-electron chi connectivity index (χ0n) is 21.7. The van der Waals surface area contributed by atoms with Gasteiger partial charge in [0.05, 0.1) is 17.0 Å². The van der Waals surface area contributed by atoms with Gasteiger partial charge in [0.2, 0.25) is 0 Å². The first kappa shape index (κ1) is 24.6. The van der Waals surface area contributed by atoms with E-state index < -0.39 is 0 Å². The molecule has 33 heavy (non-hydrogen) atoms. The van der Waals surface area contributed by atoms with Crippen molar-refractivity contribution in [2.75, 3.05) is 6.61 Å². The number of halogens is 1. The molecule has 0 aromatic heterocycles. The van der Waals surface area contributed by atoms with Crippen molar-refractivity contribution in [2.24, 2.45) is 46.3 Å². The molecule has 1 aliphatic heterocycles. The van der Waals surface area contributed by atoms with E-state index in [0.29, 0.717) is 5.41 Å². The van der Waals surface area contributed by atoms with Crippen LogP contribution in [0.25, 0.3) is 0 Å². The highest BCUT2D eigenvalue weighted by Gasteiger charge is 2.72. The van der Waals surface area contributed by atoms with Crippen molar-refractivity contribution in [3.8, 4) is 0 Å². The summed E-state index contributed by atoms with van der Waals surface area (Å²) in [6, 6.07) is 0. The summed E-state index contributed by atoms with van der Waals surface area (Å²) in [6.45, 7) is 12.4. The van der Waals surface area contributed by atoms with E-state index in [0.717, 1.165) is 61.4 Å². The maximum Gasteiger partial charge on any atom is 0.302 e. The third-order valence-electron chi connectivity index (χ3n) is 11.5. The van der Waals surface area contributed by atoms with Gasteiger partial charge in [-0.3, -0.25) is 4.79 Å². The first-order valence-electron chi connectivity index (χ1n) is 14.1. The monoisotopic (exact) mass is 522 g/mol. The molecule has 5 aliphatic rings. The van der Waals surface area contributed by atoms with E-state index in [4.69, 9.17) is 9.47 Å². The van der Waals surface area contributed by atoms with Gasteiger partial charge in [-0.15, -0.1) is 0 Å². The number of rotatable bonds is 6. The Hall–Kier alpha value is -0.0900. The predicted molar refractivity (Wildman–Crippen MR) is 136 cm³/mol. The average Bonchev–Trinajstić information content (AvgIpc) is 3.16. The molecule has 0 aromatic rings. The highest BCUT2D eigenvalue weighted by Crippen LogP contribution is 2.73. The van der Waals surface area contributed by atoms with Crippen LogP contribution >= 0.6 is 15.9 Å².